The van der Waals surface area contributed by atoms with Gasteiger partial charge in [0.15, 0.2) is 5.82 Å². The molecule has 0 unspecified atom stereocenters. The molecule has 1 N–H and O–H groups in total. The van der Waals surface area contributed by atoms with Crippen LogP contribution in [-0.4, -0.2) is 42.5 Å². The highest BCUT2D eigenvalue weighted by molar-refractivity contribution is 5.70. The van der Waals surface area contributed by atoms with E-state index in [4.69, 9.17) is 14.0 Å². The van der Waals surface area contributed by atoms with Crippen LogP contribution in [0.2, 0.25) is 0 Å². The van der Waals surface area contributed by atoms with Crippen molar-refractivity contribution in [2.75, 3.05) is 20.3 Å². The molecule has 0 aromatic carbocycles. The van der Waals surface area contributed by atoms with Crippen molar-refractivity contribution in [1.29, 1.82) is 0 Å². The quantitative estimate of drug-likeness (QED) is 0.287. The molecule has 32 heavy (non-hydrogen) atoms. The molecule has 1 aliphatic rings. The maximum Gasteiger partial charge on any atom is 0.306 e. The fourth-order valence-corrected chi connectivity index (χ4v) is 3.83. The van der Waals surface area contributed by atoms with Crippen molar-refractivity contribution >= 4 is 5.97 Å². The van der Waals surface area contributed by atoms with Crippen LogP contribution in [0.4, 0.5) is 0 Å². The van der Waals surface area contributed by atoms with E-state index in [-0.39, 0.29) is 18.0 Å². The number of carbonyl (C=O) groups excluding carboxylic acids is 1. The molecular weight excluding hydrogens is 406 g/mol. The van der Waals surface area contributed by atoms with E-state index in [1.807, 2.05) is 41.5 Å². The van der Waals surface area contributed by atoms with E-state index in [1.165, 1.54) is 38.5 Å². The standard InChI is InChI=1S/C21H37N3O4.2C2H6/c1-16(2)27-20(25)14-18(11-7-10-17-8-5-4-6-9-17)21-23-19(24-28-21)15-22-12-13-26-3;2*1-2/h16-18,22H,4-15H2,1-3H3;2*1-2H3/t18-;;/m1../s1. The number of aromatic nitrogens is 2. The third-order valence-corrected chi connectivity index (χ3v) is 5.27. The van der Waals surface area contributed by atoms with Crippen LogP contribution in [-0.2, 0) is 20.8 Å². The highest BCUT2D eigenvalue weighted by atomic mass is 16.5. The summed E-state index contributed by atoms with van der Waals surface area (Å²) in [5.41, 5.74) is 0. The number of rotatable bonds is 13. The third-order valence-electron chi connectivity index (χ3n) is 5.27. The number of methoxy groups -OCH3 is 1. The van der Waals surface area contributed by atoms with Gasteiger partial charge < -0.3 is 19.3 Å². The van der Waals surface area contributed by atoms with Crippen molar-refractivity contribution in [3.05, 3.63) is 11.7 Å². The second-order valence-corrected chi connectivity index (χ2v) is 8.09. The molecule has 1 aromatic rings. The lowest BCUT2D eigenvalue weighted by atomic mass is 9.84. The number of hydrogen-bond donors (Lipinski definition) is 1. The zero-order valence-electron chi connectivity index (χ0n) is 21.7. The van der Waals surface area contributed by atoms with Crippen molar-refractivity contribution in [3.8, 4) is 0 Å². The third kappa shape index (κ3) is 13.8. The summed E-state index contributed by atoms with van der Waals surface area (Å²) < 4.78 is 15.8. The number of esters is 1. The Morgan fingerprint density at radius 1 is 1.16 bits per heavy atom. The monoisotopic (exact) mass is 455 g/mol. The van der Waals surface area contributed by atoms with Gasteiger partial charge >= 0.3 is 5.97 Å². The molecule has 0 bridgehead atoms. The second kappa shape index (κ2) is 20.2. The molecule has 1 heterocycles. The lowest BCUT2D eigenvalue weighted by molar-refractivity contribution is -0.148. The molecule has 0 saturated heterocycles. The van der Waals surface area contributed by atoms with E-state index in [2.05, 4.69) is 15.5 Å². The van der Waals surface area contributed by atoms with Crippen LogP contribution in [0.1, 0.15) is 117 Å². The molecule has 0 spiro atoms. The van der Waals surface area contributed by atoms with Gasteiger partial charge in [-0.25, -0.2) is 0 Å². The summed E-state index contributed by atoms with van der Waals surface area (Å²) in [6.45, 7) is 13.6. The second-order valence-electron chi connectivity index (χ2n) is 8.09. The van der Waals surface area contributed by atoms with Gasteiger partial charge in [0.2, 0.25) is 5.89 Å². The molecule has 1 saturated carbocycles. The molecule has 0 amide bonds. The van der Waals surface area contributed by atoms with Crippen molar-refractivity contribution in [2.45, 2.75) is 118 Å². The van der Waals surface area contributed by atoms with E-state index in [0.29, 0.717) is 31.3 Å². The Labute approximate surface area is 196 Å². The van der Waals surface area contributed by atoms with Gasteiger partial charge in [-0.1, -0.05) is 77.8 Å². The van der Waals surface area contributed by atoms with Crippen molar-refractivity contribution < 1.29 is 18.8 Å². The van der Waals surface area contributed by atoms with Gasteiger partial charge in [-0.3, -0.25) is 4.79 Å². The van der Waals surface area contributed by atoms with Gasteiger partial charge in [-0.2, -0.15) is 4.98 Å². The van der Waals surface area contributed by atoms with E-state index in [0.717, 1.165) is 25.3 Å². The largest absolute Gasteiger partial charge is 0.463 e. The minimum absolute atomic E-state index is 0.0740. The number of carbonyl (C=O) groups is 1. The van der Waals surface area contributed by atoms with E-state index < -0.39 is 0 Å². The van der Waals surface area contributed by atoms with Gasteiger partial charge in [0.05, 0.1) is 25.7 Å². The molecule has 0 aliphatic heterocycles. The summed E-state index contributed by atoms with van der Waals surface area (Å²) in [5, 5.41) is 7.27. The summed E-state index contributed by atoms with van der Waals surface area (Å²) in [5.74, 6) is 1.72. The number of nitrogens with one attached hydrogen (secondary N) is 1. The van der Waals surface area contributed by atoms with Crippen LogP contribution in [0, 0.1) is 5.92 Å². The summed E-state index contributed by atoms with van der Waals surface area (Å²) in [6, 6.07) is 0. The summed E-state index contributed by atoms with van der Waals surface area (Å²) >= 11 is 0. The lowest BCUT2D eigenvalue weighted by Crippen LogP contribution is -2.19. The Bertz CT molecular complexity index is 557. The van der Waals surface area contributed by atoms with Crippen molar-refractivity contribution in [2.24, 2.45) is 5.92 Å². The molecule has 7 nitrogen and oxygen atoms in total. The van der Waals surface area contributed by atoms with Crippen molar-refractivity contribution in [3.63, 3.8) is 0 Å². The molecule has 1 aromatic heterocycles. The zero-order valence-corrected chi connectivity index (χ0v) is 21.7. The zero-order chi connectivity index (χ0) is 24.2. The predicted octanol–water partition coefficient (Wildman–Crippen LogP) is 6.03. The minimum atomic E-state index is -0.198. The molecule has 2 rings (SSSR count). The van der Waals surface area contributed by atoms with Gasteiger partial charge in [-0.15, -0.1) is 0 Å². The Morgan fingerprint density at radius 2 is 1.84 bits per heavy atom. The van der Waals surface area contributed by atoms with E-state index in [1.54, 1.807) is 7.11 Å². The normalized spacial score (nSPS) is 14.8. The highest BCUT2D eigenvalue weighted by Gasteiger charge is 2.24. The van der Waals surface area contributed by atoms with Crippen LogP contribution < -0.4 is 5.32 Å². The maximum atomic E-state index is 12.2. The minimum Gasteiger partial charge on any atom is -0.463 e. The Hall–Kier alpha value is -1.47. The summed E-state index contributed by atoms with van der Waals surface area (Å²) in [4.78, 5) is 16.7. The summed E-state index contributed by atoms with van der Waals surface area (Å²) in [6.07, 6.45) is 10.1. The van der Waals surface area contributed by atoms with Crippen LogP contribution >= 0.6 is 0 Å². The fourth-order valence-electron chi connectivity index (χ4n) is 3.83. The molecule has 0 radical (unpaired) electrons. The Kier molecular flexibility index (Phi) is 19.2. The SMILES string of the molecule is CC.CC.COCCNCc1noc([C@H](CCCC2CCCCC2)CC(=O)OC(C)C)n1. The first-order valence-corrected chi connectivity index (χ1v) is 12.8. The number of hydrogen-bond acceptors (Lipinski definition) is 7. The van der Waals surface area contributed by atoms with Crippen LogP contribution in [0.3, 0.4) is 0 Å². The Morgan fingerprint density at radius 3 is 2.47 bits per heavy atom. The first-order chi connectivity index (χ1) is 15.6. The molecule has 188 valence electrons. The average Bonchev–Trinajstić information content (AvgIpc) is 3.28. The number of nitrogens with zero attached hydrogens (tertiary/aromatic N) is 2. The number of ether oxygens (including phenoxy) is 2. The predicted molar refractivity (Wildman–Crippen MR) is 130 cm³/mol. The molecule has 1 fully saturated rings. The van der Waals surface area contributed by atoms with Gasteiger partial charge in [0, 0.05) is 19.6 Å². The molecule has 7 heteroatoms. The topological polar surface area (TPSA) is 86.5 Å². The summed E-state index contributed by atoms with van der Waals surface area (Å²) in [7, 11) is 1.67. The van der Waals surface area contributed by atoms with Crippen LogP contribution in [0.5, 0.6) is 0 Å². The lowest BCUT2D eigenvalue weighted by Gasteiger charge is -2.22. The average molecular weight is 456 g/mol. The molecule has 1 aliphatic carbocycles. The smallest absolute Gasteiger partial charge is 0.306 e. The maximum absolute atomic E-state index is 12.2. The van der Waals surface area contributed by atoms with E-state index >= 15 is 0 Å². The van der Waals surface area contributed by atoms with Gasteiger partial charge in [-0.05, 0) is 26.2 Å². The highest BCUT2D eigenvalue weighted by Crippen LogP contribution is 2.31. The molecular formula is C25H49N3O4. The molecule has 1 atom stereocenters. The van der Waals surface area contributed by atoms with Crippen LogP contribution in [0.15, 0.2) is 4.52 Å². The van der Waals surface area contributed by atoms with Crippen molar-refractivity contribution in [1.82, 2.24) is 15.5 Å². The fraction of sp³-hybridized carbons (Fsp3) is 0.880. The van der Waals surface area contributed by atoms with Crippen LogP contribution in [0.25, 0.3) is 0 Å². The first-order valence-electron chi connectivity index (χ1n) is 12.8. The Balaban J connectivity index is 0.00000227. The van der Waals surface area contributed by atoms with Gasteiger partial charge in [0.25, 0.3) is 0 Å². The van der Waals surface area contributed by atoms with E-state index in [9.17, 15) is 4.79 Å². The van der Waals surface area contributed by atoms with Gasteiger partial charge in [0.1, 0.15) is 0 Å². The first kappa shape index (κ1) is 30.5.